The van der Waals surface area contributed by atoms with Crippen LogP contribution in [0.1, 0.15) is 36.5 Å². The Morgan fingerprint density at radius 3 is 2.42 bits per heavy atom. The fourth-order valence-corrected chi connectivity index (χ4v) is 3.25. The van der Waals surface area contributed by atoms with Crippen molar-refractivity contribution in [3.05, 3.63) is 58.6 Å². The molecule has 0 aliphatic heterocycles. The highest BCUT2D eigenvalue weighted by molar-refractivity contribution is 5.93. The van der Waals surface area contributed by atoms with Crippen LogP contribution in [0.2, 0.25) is 0 Å². The molecule has 0 unspecified atom stereocenters. The van der Waals surface area contributed by atoms with Gasteiger partial charge in [0.05, 0.1) is 43.6 Å². The zero-order chi connectivity index (χ0) is 23.8. The van der Waals surface area contributed by atoms with E-state index in [0.717, 1.165) is 6.42 Å². The Bertz CT molecular complexity index is 1190. The molecule has 9 nitrogen and oxygen atoms in total. The van der Waals surface area contributed by atoms with E-state index in [0.29, 0.717) is 53.2 Å². The maximum Gasteiger partial charge on any atom is 0.338 e. The fraction of sp³-hybridized carbons (Fsp3) is 0.333. The van der Waals surface area contributed by atoms with Crippen molar-refractivity contribution < 1.29 is 23.8 Å². The minimum atomic E-state index is -0.389. The van der Waals surface area contributed by atoms with Crippen LogP contribution in [-0.2, 0) is 16.1 Å². The SMILES string of the molecule is CCCOC(=O)c1ccc(NC(=O)CCCn2cnc3cc(OC)c(OC)cc3c2=O)cc1. The molecule has 3 rings (SSSR count). The molecule has 0 saturated carbocycles. The van der Waals surface area contributed by atoms with E-state index < -0.39 is 0 Å². The lowest BCUT2D eigenvalue weighted by Gasteiger charge is -2.11. The van der Waals surface area contributed by atoms with Crippen LogP contribution >= 0.6 is 0 Å². The van der Waals surface area contributed by atoms with E-state index in [2.05, 4.69) is 10.3 Å². The van der Waals surface area contributed by atoms with E-state index in [-0.39, 0.29) is 23.9 Å². The van der Waals surface area contributed by atoms with E-state index in [1.807, 2.05) is 6.92 Å². The van der Waals surface area contributed by atoms with Gasteiger partial charge < -0.3 is 19.5 Å². The van der Waals surface area contributed by atoms with Gasteiger partial charge in [0.25, 0.3) is 5.56 Å². The van der Waals surface area contributed by atoms with E-state index in [9.17, 15) is 14.4 Å². The third-order valence-corrected chi connectivity index (χ3v) is 4.97. The number of nitrogens with zero attached hydrogens (tertiary/aromatic N) is 2. The van der Waals surface area contributed by atoms with Gasteiger partial charge in [0, 0.05) is 24.7 Å². The summed E-state index contributed by atoms with van der Waals surface area (Å²) in [6.45, 7) is 2.63. The van der Waals surface area contributed by atoms with E-state index in [4.69, 9.17) is 14.2 Å². The first-order valence-corrected chi connectivity index (χ1v) is 10.6. The number of aryl methyl sites for hydroxylation is 1. The summed E-state index contributed by atoms with van der Waals surface area (Å²) in [5, 5.41) is 3.20. The maximum absolute atomic E-state index is 12.8. The molecule has 0 aliphatic rings. The minimum absolute atomic E-state index is 0.190. The van der Waals surface area contributed by atoms with Crippen molar-refractivity contribution in [3.8, 4) is 11.5 Å². The molecule has 3 aromatic rings. The molecule has 9 heteroatoms. The Hall–Kier alpha value is -3.88. The summed E-state index contributed by atoms with van der Waals surface area (Å²) in [6, 6.07) is 9.78. The van der Waals surface area contributed by atoms with Crippen LogP contribution in [0.25, 0.3) is 10.9 Å². The average molecular weight is 453 g/mol. The van der Waals surface area contributed by atoms with Crippen LogP contribution in [0.5, 0.6) is 11.5 Å². The second-order valence-electron chi connectivity index (χ2n) is 7.33. The number of carbonyl (C=O) groups is 2. The second kappa shape index (κ2) is 11.1. The predicted molar refractivity (Wildman–Crippen MR) is 124 cm³/mol. The zero-order valence-electron chi connectivity index (χ0n) is 18.9. The predicted octanol–water partition coefficient (Wildman–Crippen LogP) is 3.40. The van der Waals surface area contributed by atoms with Crippen LogP contribution in [0.15, 0.2) is 47.5 Å². The van der Waals surface area contributed by atoms with Crippen LogP contribution in [0.3, 0.4) is 0 Å². The van der Waals surface area contributed by atoms with Crippen molar-refractivity contribution in [2.45, 2.75) is 32.7 Å². The number of ether oxygens (including phenoxy) is 3. The van der Waals surface area contributed by atoms with Gasteiger partial charge in [-0.15, -0.1) is 0 Å². The lowest BCUT2D eigenvalue weighted by Crippen LogP contribution is -2.22. The second-order valence-corrected chi connectivity index (χ2v) is 7.33. The molecule has 1 heterocycles. The largest absolute Gasteiger partial charge is 0.493 e. The molecule has 0 aliphatic carbocycles. The first-order valence-electron chi connectivity index (χ1n) is 10.6. The van der Waals surface area contributed by atoms with E-state index in [1.54, 1.807) is 36.4 Å². The lowest BCUT2D eigenvalue weighted by atomic mass is 10.2. The molecular formula is C24H27N3O6. The van der Waals surface area contributed by atoms with Gasteiger partial charge in [-0.3, -0.25) is 14.2 Å². The van der Waals surface area contributed by atoms with Gasteiger partial charge in [-0.1, -0.05) is 6.92 Å². The van der Waals surface area contributed by atoms with Crippen LogP contribution in [0.4, 0.5) is 5.69 Å². The third-order valence-electron chi connectivity index (χ3n) is 4.97. The summed E-state index contributed by atoms with van der Waals surface area (Å²) >= 11 is 0. The van der Waals surface area contributed by atoms with Gasteiger partial charge in [0.2, 0.25) is 5.91 Å². The quantitative estimate of drug-likeness (QED) is 0.469. The normalized spacial score (nSPS) is 10.6. The van der Waals surface area contributed by atoms with Crippen molar-refractivity contribution >= 4 is 28.5 Å². The number of hydrogen-bond donors (Lipinski definition) is 1. The Kier molecular flexibility index (Phi) is 8.01. The Morgan fingerprint density at radius 1 is 1.06 bits per heavy atom. The van der Waals surface area contributed by atoms with Crippen LogP contribution < -0.4 is 20.3 Å². The molecule has 2 aromatic carbocycles. The Labute approximate surface area is 191 Å². The number of nitrogens with one attached hydrogen (secondary N) is 1. The molecule has 1 aromatic heterocycles. The molecule has 0 spiro atoms. The monoisotopic (exact) mass is 453 g/mol. The highest BCUT2D eigenvalue weighted by Crippen LogP contribution is 2.29. The standard InChI is InChI=1S/C24H27N3O6/c1-4-12-33-24(30)16-7-9-17(10-8-16)26-22(28)6-5-11-27-15-25-19-14-21(32-3)20(31-2)13-18(19)23(27)29/h7-10,13-15H,4-6,11-12H2,1-3H3,(H,26,28). The number of aromatic nitrogens is 2. The maximum atomic E-state index is 12.8. The van der Waals surface area contributed by atoms with Crippen molar-refractivity contribution in [2.75, 3.05) is 26.1 Å². The third kappa shape index (κ3) is 5.88. The molecule has 1 N–H and O–H groups in total. The average Bonchev–Trinajstić information content (AvgIpc) is 2.83. The first-order chi connectivity index (χ1) is 16.0. The summed E-state index contributed by atoms with van der Waals surface area (Å²) in [6.07, 6.45) is 2.89. The van der Waals surface area contributed by atoms with E-state index >= 15 is 0 Å². The minimum Gasteiger partial charge on any atom is -0.493 e. The molecule has 0 atom stereocenters. The topological polar surface area (TPSA) is 109 Å². The molecule has 0 fully saturated rings. The number of carbonyl (C=O) groups excluding carboxylic acids is 2. The number of esters is 1. The van der Waals surface area contributed by atoms with Crippen LogP contribution in [0, 0.1) is 0 Å². The highest BCUT2D eigenvalue weighted by Gasteiger charge is 2.12. The number of hydrogen-bond acceptors (Lipinski definition) is 7. The van der Waals surface area contributed by atoms with Gasteiger partial charge in [0.15, 0.2) is 11.5 Å². The molecule has 1 amide bonds. The van der Waals surface area contributed by atoms with Crippen molar-refractivity contribution in [3.63, 3.8) is 0 Å². The van der Waals surface area contributed by atoms with Gasteiger partial charge in [-0.25, -0.2) is 9.78 Å². The number of rotatable bonds is 10. The van der Waals surface area contributed by atoms with Gasteiger partial charge >= 0.3 is 5.97 Å². The summed E-state index contributed by atoms with van der Waals surface area (Å²) in [5.41, 5.74) is 1.30. The van der Waals surface area contributed by atoms with Gasteiger partial charge in [-0.2, -0.15) is 0 Å². The van der Waals surface area contributed by atoms with Crippen molar-refractivity contribution in [1.82, 2.24) is 9.55 Å². The molecule has 33 heavy (non-hydrogen) atoms. The number of anilines is 1. The van der Waals surface area contributed by atoms with Crippen molar-refractivity contribution in [2.24, 2.45) is 0 Å². The smallest absolute Gasteiger partial charge is 0.338 e. The zero-order valence-corrected chi connectivity index (χ0v) is 18.9. The van der Waals surface area contributed by atoms with E-state index in [1.165, 1.54) is 25.1 Å². The van der Waals surface area contributed by atoms with Gasteiger partial charge in [0.1, 0.15) is 0 Å². The number of amides is 1. The number of benzene rings is 2. The Balaban J connectivity index is 1.57. The number of methoxy groups -OCH3 is 2. The lowest BCUT2D eigenvalue weighted by molar-refractivity contribution is -0.116. The molecular weight excluding hydrogens is 426 g/mol. The summed E-state index contributed by atoms with van der Waals surface area (Å²) in [4.78, 5) is 41.2. The molecule has 0 radical (unpaired) electrons. The van der Waals surface area contributed by atoms with Gasteiger partial charge in [-0.05, 0) is 43.2 Å². The molecule has 174 valence electrons. The first kappa shape index (κ1) is 23.8. The van der Waals surface area contributed by atoms with Crippen molar-refractivity contribution in [1.29, 1.82) is 0 Å². The summed E-state index contributed by atoms with van der Waals surface area (Å²) in [7, 11) is 3.02. The number of fused-ring (bicyclic) bond motifs is 1. The molecule has 0 bridgehead atoms. The highest BCUT2D eigenvalue weighted by atomic mass is 16.5. The summed E-state index contributed by atoms with van der Waals surface area (Å²) < 4.78 is 17.1. The summed E-state index contributed by atoms with van der Waals surface area (Å²) in [5.74, 6) is 0.368. The fourth-order valence-electron chi connectivity index (χ4n) is 3.25. The molecule has 0 saturated heterocycles. The Morgan fingerprint density at radius 2 is 1.76 bits per heavy atom. The van der Waals surface area contributed by atoms with Crippen LogP contribution in [-0.4, -0.2) is 42.3 Å².